The van der Waals surface area contributed by atoms with Crippen LogP contribution in [0.1, 0.15) is 19.8 Å². The first-order valence-corrected chi connectivity index (χ1v) is 5.76. The van der Waals surface area contributed by atoms with Crippen molar-refractivity contribution >= 4 is 5.91 Å². The molecule has 0 aromatic rings. The van der Waals surface area contributed by atoms with Gasteiger partial charge in [-0.25, -0.2) is 0 Å². The number of hydrogen-bond acceptors (Lipinski definition) is 4. The van der Waals surface area contributed by atoms with Gasteiger partial charge in [0.2, 0.25) is 5.91 Å². The molecule has 1 aliphatic heterocycles. The van der Waals surface area contributed by atoms with E-state index < -0.39 is 0 Å². The molecular formula is C11H19N3O2. The lowest BCUT2D eigenvalue weighted by atomic mass is 10.2. The van der Waals surface area contributed by atoms with Crippen LogP contribution < -0.4 is 5.32 Å². The van der Waals surface area contributed by atoms with Crippen molar-refractivity contribution in [2.24, 2.45) is 0 Å². The normalized spacial score (nSPS) is 17.9. The second kappa shape index (κ2) is 7.20. The highest BCUT2D eigenvalue weighted by atomic mass is 16.5. The van der Waals surface area contributed by atoms with Crippen molar-refractivity contribution in [2.45, 2.75) is 25.8 Å². The van der Waals surface area contributed by atoms with Gasteiger partial charge in [0, 0.05) is 26.1 Å². The Morgan fingerprint density at radius 2 is 2.25 bits per heavy atom. The SMILES string of the molecule is CCC(C#N)NCCC(=O)N1CCOCC1. The zero-order valence-electron chi connectivity index (χ0n) is 9.74. The van der Waals surface area contributed by atoms with Gasteiger partial charge in [0.05, 0.1) is 25.3 Å². The molecule has 0 aromatic heterocycles. The van der Waals surface area contributed by atoms with Crippen LogP contribution in [-0.2, 0) is 9.53 Å². The topological polar surface area (TPSA) is 65.4 Å². The Kier molecular flexibility index (Phi) is 5.83. The Balaban J connectivity index is 2.17. The summed E-state index contributed by atoms with van der Waals surface area (Å²) in [4.78, 5) is 13.5. The zero-order chi connectivity index (χ0) is 11.8. The lowest BCUT2D eigenvalue weighted by Crippen LogP contribution is -2.42. The van der Waals surface area contributed by atoms with E-state index in [1.165, 1.54) is 0 Å². The molecule has 1 aliphatic rings. The number of ether oxygens (including phenoxy) is 1. The summed E-state index contributed by atoms with van der Waals surface area (Å²) in [6, 6.07) is 2.01. The molecule has 0 aromatic carbocycles. The van der Waals surface area contributed by atoms with Crippen molar-refractivity contribution in [2.75, 3.05) is 32.8 Å². The molecule has 5 heteroatoms. The third-order valence-corrected chi connectivity index (χ3v) is 2.66. The molecule has 1 saturated heterocycles. The predicted molar refractivity (Wildman–Crippen MR) is 59.7 cm³/mol. The highest BCUT2D eigenvalue weighted by Crippen LogP contribution is 1.99. The zero-order valence-corrected chi connectivity index (χ0v) is 9.74. The largest absolute Gasteiger partial charge is 0.378 e. The van der Waals surface area contributed by atoms with Crippen LogP contribution in [0.5, 0.6) is 0 Å². The van der Waals surface area contributed by atoms with Crippen molar-refractivity contribution in [3.05, 3.63) is 0 Å². The molecule has 0 spiro atoms. The number of amides is 1. The fourth-order valence-electron chi connectivity index (χ4n) is 1.61. The third kappa shape index (κ3) is 4.17. The van der Waals surface area contributed by atoms with Crippen molar-refractivity contribution in [3.63, 3.8) is 0 Å². The number of morpholine rings is 1. The van der Waals surface area contributed by atoms with Crippen LogP contribution in [0.4, 0.5) is 0 Å². The van der Waals surface area contributed by atoms with Crippen LogP contribution in [0, 0.1) is 11.3 Å². The van der Waals surface area contributed by atoms with Gasteiger partial charge < -0.3 is 15.0 Å². The fourth-order valence-corrected chi connectivity index (χ4v) is 1.61. The van der Waals surface area contributed by atoms with Gasteiger partial charge in [0.1, 0.15) is 0 Å². The molecule has 0 saturated carbocycles. The molecule has 0 aliphatic carbocycles. The van der Waals surface area contributed by atoms with Gasteiger partial charge in [-0.3, -0.25) is 4.79 Å². The molecule has 1 N–H and O–H groups in total. The Bertz CT molecular complexity index is 256. The minimum absolute atomic E-state index is 0.141. The molecule has 5 nitrogen and oxygen atoms in total. The fraction of sp³-hybridized carbons (Fsp3) is 0.818. The molecule has 1 fully saturated rings. The summed E-state index contributed by atoms with van der Waals surface area (Å²) < 4.78 is 5.17. The lowest BCUT2D eigenvalue weighted by Gasteiger charge is -2.27. The van der Waals surface area contributed by atoms with Crippen LogP contribution >= 0.6 is 0 Å². The van der Waals surface area contributed by atoms with E-state index >= 15 is 0 Å². The maximum absolute atomic E-state index is 11.7. The predicted octanol–water partition coefficient (Wildman–Crippen LogP) is 0.127. The molecule has 16 heavy (non-hydrogen) atoms. The monoisotopic (exact) mass is 225 g/mol. The number of carbonyl (C=O) groups excluding carboxylic acids is 1. The quantitative estimate of drug-likeness (QED) is 0.722. The highest BCUT2D eigenvalue weighted by molar-refractivity contribution is 5.76. The molecule has 1 heterocycles. The summed E-state index contributed by atoms with van der Waals surface area (Å²) in [7, 11) is 0. The van der Waals surface area contributed by atoms with Crippen LogP contribution in [0.3, 0.4) is 0 Å². The maximum Gasteiger partial charge on any atom is 0.224 e. The number of hydrogen-bond donors (Lipinski definition) is 1. The van der Waals surface area contributed by atoms with Crippen molar-refractivity contribution < 1.29 is 9.53 Å². The van der Waals surface area contributed by atoms with E-state index in [4.69, 9.17) is 10.00 Å². The number of nitriles is 1. The second-order valence-corrected chi connectivity index (χ2v) is 3.79. The van der Waals surface area contributed by atoms with Crippen molar-refractivity contribution in [1.29, 1.82) is 5.26 Å². The van der Waals surface area contributed by atoms with Crippen molar-refractivity contribution in [1.82, 2.24) is 10.2 Å². The molecule has 1 unspecified atom stereocenters. The first kappa shape index (κ1) is 12.9. The summed E-state index contributed by atoms with van der Waals surface area (Å²) in [6.07, 6.45) is 1.22. The number of nitrogens with zero attached hydrogens (tertiary/aromatic N) is 2. The Hall–Kier alpha value is -1.12. The molecule has 90 valence electrons. The summed E-state index contributed by atoms with van der Waals surface area (Å²) in [5.41, 5.74) is 0. The molecule has 1 atom stereocenters. The van der Waals surface area contributed by atoms with Crippen LogP contribution in [0.15, 0.2) is 0 Å². The van der Waals surface area contributed by atoms with Gasteiger partial charge in [-0.15, -0.1) is 0 Å². The van der Waals surface area contributed by atoms with Gasteiger partial charge >= 0.3 is 0 Å². The van der Waals surface area contributed by atoms with E-state index in [1.54, 1.807) is 0 Å². The number of rotatable bonds is 5. The molecule has 0 radical (unpaired) electrons. The second-order valence-electron chi connectivity index (χ2n) is 3.79. The van der Waals surface area contributed by atoms with Crippen LogP contribution in [0.2, 0.25) is 0 Å². The first-order chi connectivity index (χ1) is 7.77. The van der Waals surface area contributed by atoms with Gasteiger partial charge in [-0.2, -0.15) is 5.26 Å². The van der Waals surface area contributed by atoms with E-state index in [1.807, 2.05) is 11.8 Å². The van der Waals surface area contributed by atoms with Crippen LogP contribution in [0.25, 0.3) is 0 Å². The van der Waals surface area contributed by atoms with E-state index in [9.17, 15) is 4.79 Å². The third-order valence-electron chi connectivity index (χ3n) is 2.66. The minimum atomic E-state index is -0.141. The Morgan fingerprint density at radius 3 is 2.81 bits per heavy atom. The smallest absolute Gasteiger partial charge is 0.224 e. The van der Waals surface area contributed by atoms with E-state index in [-0.39, 0.29) is 11.9 Å². The van der Waals surface area contributed by atoms with Gasteiger partial charge in [0.25, 0.3) is 0 Å². The number of carbonyl (C=O) groups is 1. The molecule has 1 rings (SSSR count). The average Bonchev–Trinajstić information content (AvgIpc) is 2.35. The molecule has 1 amide bonds. The summed E-state index contributed by atoms with van der Waals surface area (Å²) in [5.74, 6) is 0.142. The molecular weight excluding hydrogens is 206 g/mol. The average molecular weight is 225 g/mol. The molecule has 0 bridgehead atoms. The number of nitrogens with one attached hydrogen (secondary N) is 1. The standard InChI is InChI=1S/C11H19N3O2/c1-2-10(9-12)13-4-3-11(15)14-5-7-16-8-6-14/h10,13H,2-8H2,1H3. The summed E-state index contributed by atoms with van der Waals surface area (Å²) in [5, 5.41) is 11.8. The van der Waals surface area contributed by atoms with Gasteiger partial charge in [0.15, 0.2) is 0 Å². The Morgan fingerprint density at radius 1 is 1.56 bits per heavy atom. The van der Waals surface area contributed by atoms with E-state index in [0.717, 1.165) is 6.42 Å². The van der Waals surface area contributed by atoms with E-state index in [0.29, 0.717) is 39.3 Å². The maximum atomic E-state index is 11.7. The summed E-state index contributed by atoms with van der Waals surface area (Å²) in [6.45, 7) is 5.17. The first-order valence-electron chi connectivity index (χ1n) is 5.76. The lowest BCUT2D eigenvalue weighted by molar-refractivity contribution is -0.135. The highest BCUT2D eigenvalue weighted by Gasteiger charge is 2.16. The Labute approximate surface area is 96.4 Å². The van der Waals surface area contributed by atoms with E-state index in [2.05, 4.69) is 11.4 Å². The summed E-state index contributed by atoms with van der Waals surface area (Å²) >= 11 is 0. The van der Waals surface area contributed by atoms with Crippen molar-refractivity contribution in [3.8, 4) is 6.07 Å². The minimum Gasteiger partial charge on any atom is -0.378 e. The van der Waals surface area contributed by atoms with Gasteiger partial charge in [-0.05, 0) is 6.42 Å². The van der Waals surface area contributed by atoms with Crippen LogP contribution in [-0.4, -0.2) is 49.7 Å². The van der Waals surface area contributed by atoms with Gasteiger partial charge in [-0.1, -0.05) is 6.92 Å².